The third kappa shape index (κ3) is 2.14. The summed E-state index contributed by atoms with van der Waals surface area (Å²) in [5.41, 5.74) is 10.3. The van der Waals surface area contributed by atoms with E-state index in [0.29, 0.717) is 0 Å². The van der Waals surface area contributed by atoms with Gasteiger partial charge in [-0.1, -0.05) is 48.5 Å². The number of hydrogen-bond acceptors (Lipinski definition) is 1. The predicted octanol–water partition coefficient (Wildman–Crippen LogP) is 7.46. The highest BCUT2D eigenvalue weighted by atomic mass is 14.9. The first-order valence-electron chi connectivity index (χ1n) is 11.8. The first-order valence-corrected chi connectivity index (χ1v) is 11.8. The number of aryl methyl sites for hydroxylation is 1. The van der Waals surface area contributed by atoms with Gasteiger partial charge >= 0.3 is 0 Å². The van der Waals surface area contributed by atoms with Crippen LogP contribution in [0.2, 0.25) is 0 Å². The Hall–Kier alpha value is -2.54. The Bertz CT molecular complexity index is 1130. The second-order valence-corrected chi connectivity index (χ2v) is 10.4. The Morgan fingerprint density at radius 1 is 0.700 bits per heavy atom. The fourth-order valence-electron chi connectivity index (χ4n) is 8.10. The van der Waals surface area contributed by atoms with Crippen LogP contribution in [0.1, 0.15) is 48.8 Å². The molecule has 5 aliphatic rings. The third-order valence-electron chi connectivity index (χ3n) is 8.98. The highest BCUT2D eigenvalue weighted by Gasteiger charge is 2.61. The van der Waals surface area contributed by atoms with E-state index in [9.17, 15) is 0 Å². The Morgan fingerprint density at radius 2 is 1.37 bits per heavy atom. The van der Waals surface area contributed by atoms with Crippen molar-refractivity contribution in [3.8, 4) is 11.1 Å². The standard InChI is InChI=1S/C29H29N/c1-18-6-2-5-9-28(18)30-23-10-11-25-24-7-3-4-8-26(24)29(27(25)17-23)21-13-19-12-20(15-21)16-22(29)14-19/h2-11,17,19-22,30H,12-16H2,1H3. The first kappa shape index (κ1) is 17.2. The molecule has 0 saturated heterocycles. The molecule has 3 aromatic rings. The molecular formula is C29H29N. The van der Waals surface area contributed by atoms with Crippen LogP contribution in [0.3, 0.4) is 0 Å². The summed E-state index contributed by atoms with van der Waals surface area (Å²) >= 11 is 0. The highest BCUT2D eigenvalue weighted by molar-refractivity contribution is 5.84. The van der Waals surface area contributed by atoms with Crippen molar-refractivity contribution in [1.82, 2.24) is 0 Å². The zero-order valence-electron chi connectivity index (χ0n) is 17.7. The highest BCUT2D eigenvalue weighted by Crippen LogP contribution is 2.69. The van der Waals surface area contributed by atoms with Crippen LogP contribution in [-0.2, 0) is 5.41 Å². The largest absolute Gasteiger partial charge is 0.355 e. The molecule has 4 fully saturated rings. The van der Waals surface area contributed by atoms with Gasteiger partial charge in [-0.3, -0.25) is 0 Å². The molecule has 4 saturated carbocycles. The Labute approximate surface area is 179 Å². The maximum Gasteiger partial charge on any atom is 0.0413 e. The van der Waals surface area contributed by atoms with Gasteiger partial charge in [-0.2, -0.15) is 0 Å². The quantitative estimate of drug-likeness (QED) is 0.478. The summed E-state index contributed by atoms with van der Waals surface area (Å²) in [5.74, 6) is 3.62. The molecule has 0 atom stereocenters. The topological polar surface area (TPSA) is 12.0 Å². The van der Waals surface area contributed by atoms with Crippen molar-refractivity contribution < 1.29 is 0 Å². The summed E-state index contributed by atoms with van der Waals surface area (Å²) < 4.78 is 0. The van der Waals surface area contributed by atoms with Crippen molar-refractivity contribution in [2.45, 2.75) is 44.4 Å². The molecule has 1 heteroatoms. The van der Waals surface area contributed by atoms with E-state index in [2.05, 4.69) is 79.0 Å². The molecule has 0 amide bonds. The van der Waals surface area contributed by atoms with Crippen LogP contribution in [0.4, 0.5) is 11.4 Å². The number of benzene rings is 3. The lowest BCUT2D eigenvalue weighted by Gasteiger charge is -2.61. The van der Waals surface area contributed by atoms with Crippen LogP contribution < -0.4 is 5.32 Å². The summed E-state index contributed by atoms with van der Waals surface area (Å²) in [5, 5.41) is 3.73. The molecule has 4 bridgehead atoms. The van der Waals surface area contributed by atoms with Crippen LogP contribution >= 0.6 is 0 Å². The number of hydrogen-bond donors (Lipinski definition) is 1. The summed E-state index contributed by atoms with van der Waals surface area (Å²) in [6.07, 6.45) is 7.27. The van der Waals surface area contributed by atoms with E-state index < -0.39 is 0 Å². The van der Waals surface area contributed by atoms with E-state index in [1.54, 1.807) is 11.1 Å². The van der Waals surface area contributed by atoms with Gasteiger partial charge in [0.2, 0.25) is 0 Å². The molecular weight excluding hydrogens is 362 g/mol. The maximum absolute atomic E-state index is 3.73. The molecule has 0 radical (unpaired) electrons. The SMILES string of the molecule is Cc1ccccc1Nc1ccc2c(c1)C1(c3ccccc3-2)C2CC3CC(C2)CC1C3. The van der Waals surface area contributed by atoms with Crippen molar-refractivity contribution in [2.75, 3.05) is 5.32 Å². The van der Waals surface area contributed by atoms with E-state index in [0.717, 1.165) is 23.7 Å². The molecule has 0 aliphatic heterocycles. The molecule has 0 unspecified atom stereocenters. The van der Waals surface area contributed by atoms with Gasteiger partial charge < -0.3 is 5.32 Å². The zero-order valence-corrected chi connectivity index (χ0v) is 17.7. The number of nitrogens with one attached hydrogen (secondary N) is 1. The van der Waals surface area contributed by atoms with Gasteiger partial charge in [-0.15, -0.1) is 0 Å². The number of para-hydroxylation sites is 1. The molecule has 8 rings (SSSR count). The molecule has 1 nitrogen and oxygen atoms in total. The lowest BCUT2D eigenvalue weighted by atomic mass is 9.43. The third-order valence-corrected chi connectivity index (χ3v) is 8.98. The average Bonchev–Trinajstić information content (AvgIpc) is 3.04. The lowest BCUT2D eigenvalue weighted by molar-refractivity contribution is -0.0399. The second kappa shape index (κ2) is 6.00. The maximum atomic E-state index is 3.73. The van der Waals surface area contributed by atoms with Crippen molar-refractivity contribution in [3.05, 3.63) is 83.4 Å². The van der Waals surface area contributed by atoms with Crippen LogP contribution in [0, 0.1) is 30.6 Å². The van der Waals surface area contributed by atoms with Gasteiger partial charge in [0, 0.05) is 16.8 Å². The van der Waals surface area contributed by atoms with Gasteiger partial charge in [0.25, 0.3) is 0 Å². The van der Waals surface area contributed by atoms with Crippen molar-refractivity contribution >= 4 is 11.4 Å². The monoisotopic (exact) mass is 391 g/mol. The average molecular weight is 392 g/mol. The normalized spacial score (nSPS) is 32.3. The summed E-state index contributed by atoms with van der Waals surface area (Å²) in [7, 11) is 0. The fourth-order valence-corrected chi connectivity index (χ4v) is 8.10. The minimum Gasteiger partial charge on any atom is -0.355 e. The molecule has 0 aromatic heterocycles. The molecule has 1 spiro atoms. The lowest BCUT2D eigenvalue weighted by Crippen LogP contribution is -2.55. The Morgan fingerprint density at radius 3 is 2.13 bits per heavy atom. The second-order valence-electron chi connectivity index (χ2n) is 10.4. The van der Waals surface area contributed by atoms with Crippen molar-refractivity contribution in [1.29, 1.82) is 0 Å². The summed E-state index contributed by atoms with van der Waals surface area (Å²) in [4.78, 5) is 0. The minimum atomic E-state index is 0.253. The van der Waals surface area contributed by atoms with Crippen LogP contribution in [0.25, 0.3) is 11.1 Å². The molecule has 1 N–H and O–H groups in total. The van der Waals surface area contributed by atoms with E-state index in [1.165, 1.54) is 60.2 Å². The first-order chi connectivity index (χ1) is 14.7. The van der Waals surface area contributed by atoms with E-state index in [1.807, 2.05) is 0 Å². The molecule has 150 valence electrons. The molecule has 0 heterocycles. The van der Waals surface area contributed by atoms with Crippen LogP contribution in [0.5, 0.6) is 0 Å². The van der Waals surface area contributed by atoms with Gasteiger partial charge in [0.05, 0.1) is 0 Å². The zero-order chi connectivity index (χ0) is 19.9. The molecule has 3 aromatic carbocycles. The van der Waals surface area contributed by atoms with Gasteiger partial charge in [0.15, 0.2) is 0 Å². The minimum absolute atomic E-state index is 0.253. The predicted molar refractivity (Wildman–Crippen MR) is 124 cm³/mol. The van der Waals surface area contributed by atoms with Crippen LogP contribution in [0.15, 0.2) is 66.7 Å². The Kier molecular flexibility index (Phi) is 3.44. The number of anilines is 2. The summed E-state index contributed by atoms with van der Waals surface area (Å²) in [6, 6.07) is 25.2. The number of rotatable bonds is 2. The molecule has 5 aliphatic carbocycles. The van der Waals surface area contributed by atoms with Crippen molar-refractivity contribution in [3.63, 3.8) is 0 Å². The van der Waals surface area contributed by atoms with Crippen LogP contribution in [-0.4, -0.2) is 0 Å². The Balaban J connectivity index is 1.41. The van der Waals surface area contributed by atoms with Gasteiger partial charge in [-0.05, 0) is 109 Å². The van der Waals surface area contributed by atoms with Gasteiger partial charge in [-0.25, -0.2) is 0 Å². The van der Waals surface area contributed by atoms with Gasteiger partial charge in [0.1, 0.15) is 0 Å². The summed E-state index contributed by atoms with van der Waals surface area (Å²) in [6.45, 7) is 2.19. The molecule has 30 heavy (non-hydrogen) atoms. The van der Waals surface area contributed by atoms with E-state index in [-0.39, 0.29) is 5.41 Å². The smallest absolute Gasteiger partial charge is 0.0413 e. The van der Waals surface area contributed by atoms with E-state index in [4.69, 9.17) is 0 Å². The fraction of sp³-hybridized carbons (Fsp3) is 0.379. The van der Waals surface area contributed by atoms with E-state index >= 15 is 0 Å². The number of fused-ring (bicyclic) bond motifs is 3. The van der Waals surface area contributed by atoms with Crippen molar-refractivity contribution in [2.24, 2.45) is 23.7 Å².